The van der Waals surface area contributed by atoms with Gasteiger partial charge in [-0.3, -0.25) is 9.36 Å². The van der Waals surface area contributed by atoms with Crippen LogP contribution in [0.5, 0.6) is 0 Å². The van der Waals surface area contributed by atoms with Gasteiger partial charge in [0, 0.05) is 43.3 Å². The third kappa shape index (κ3) is 2.31. The summed E-state index contributed by atoms with van der Waals surface area (Å²) >= 11 is 0. The lowest BCUT2D eigenvalue weighted by molar-refractivity contribution is 0.608. The SMILES string of the molecule is Cc1nn(C)c(C)c1C(N)CCc1ccnn1C. The highest BCUT2D eigenvalue weighted by Crippen LogP contribution is 2.22. The van der Waals surface area contributed by atoms with Crippen LogP contribution < -0.4 is 5.73 Å². The molecule has 2 aromatic rings. The van der Waals surface area contributed by atoms with E-state index in [1.54, 1.807) is 0 Å². The third-order valence-electron chi connectivity index (χ3n) is 3.57. The minimum Gasteiger partial charge on any atom is -0.324 e. The first-order valence-corrected chi connectivity index (χ1v) is 6.23. The van der Waals surface area contributed by atoms with E-state index < -0.39 is 0 Å². The molecule has 0 aromatic carbocycles. The summed E-state index contributed by atoms with van der Waals surface area (Å²) in [6.07, 6.45) is 3.67. The van der Waals surface area contributed by atoms with E-state index in [0.29, 0.717) is 0 Å². The highest BCUT2D eigenvalue weighted by molar-refractivity contribution is 5.27. The first-order valence-electron chi connectivity index (χ1n) is 6.23. The van der Waals surface area contributed by atoms with Crippen LogP contribution in [0.1, 0.15) is 35.1 Å². The maximum Gasteiger partial charge on any atom is 0.0644 e. The summed E-state index contributed by atoms with van der Waals surface area (Å²) in [5.74, 6) is 0. The fraction of sp³-hybridized carbons (Fsp3) is 0.538. The van der Waals surface area contributed by atoms with E-state index in [9.17, 15) is 0 Å². The van der Waals surface area contributed by atoms with Gasteiger partial charge in [0.05, 0.1) is 5.69 Å². The Bertz CT molecular complexity index is 538. The minimum atomic E-state index is 0.0357. The Labute approximate surface area is 108 Å². The molecule has 5 heteroatoms. The molecule has 2 heterocycles. The van der Waals surface area contributed by atoms with Crippen LogP contribution in [0, 0.1) is 13.8 Å². The van der Waals surface area contributed by atoms with Crippen molar-refractivity contribution in [3.05, 3.63) is 34.9 Å². The van der Waals surface area contributed by atoms with Gasteiger partial charge in [-0.15, -0.1) is 0 Å². The molecule has 1 atom stereocenters. The number of hydrogen-bond acceptors (Lipinski definition) is 3. The molecule has 0 aliphatic carbocycles. The van der Waals surface area contributed by atoms with Gasteiger partial charge in [-0.05, 0) is 32.8 Å². The predicted octanol–water partition coefficient (Wildman–Crippen LogP) is 1.40. The molecule has 0 spiro atoms. The van der Waals surface area contributed by atoms with Crippen LogP contribution in [0.3, 0.4) is 0 Å². The molecule has 0 aliphatic heterocycles. The standard InChI is InChI=1S/C13H21N5/c1-9-13(10(2)17(3)16-9)12(14)6-5-11-7-8-15-18(11)4/h7-8,12H,5-6,14H2,1-4H3. The molecule has 0 amide bonds. The van der Waals surface area contributed by atoms with Gasteiger partial charge in [-0.2, -0.15) is 10.2 Å². The van der Waals surface area contributed by atoms with Crippen molar-refractivity contribution < 1.29 is 0 Å². The monoisotopic (exact) mass is 247 g/mol. The number of nitrogens with two attached hydrogens (primary N) is 1. The van der Waals surface area contributed by atoms with Gasteiger partial charge >= 0.3 is 0 Å². The van der Waals surface area contributed by atoms with E-state index in [0.717, 1.165) is 24.2 Å². The molecule has 2 rings (SSSR count). The number of hydrogen-bond donors (Lipinski definition) is 1. The normalized spacial score (nSPS) is 12.9. The summed E-state index contributed by atoms with van der Waals surface area (Å²) in [6, 6.07) is 2.07. The molecule has 5 nitrogen and oxygen atoms in total. The van der Waals surface area contributed by atoms with Crippen molar-refractivity contribution in [2.75, 3.05) is 0 Å². The summed E-state index contributed by atoms with van der Waals surface area (Å²) in [6.45, 7) is 4.09. The molecule has 2 N–H and O–H groups in total. The first-order chi connectivity index (χ1) is 8.50. The quantitative estimate of drug-likeness (QED) is 0.888. The Balaban J connectivity index is 2.08. The first kappa shape index (κ1) is 12.8. The fourth-order valence-electron chi connectivity index (χ4n) is 2.42. The fourth-order valence-corrected chi connectivity index (χ4v) is 2.42. The largest absolute Gasteiger partial charge is 0.324 e. The second-order valence-electron chi connectivity index (χ2n) is 4.80. The van der Waals surface area contributed by atoms with Crippen molar-refractivity contribution in [1.82, 2.24) is 19.6 Å². The van der Waals surface area contributed by atoms with Crippen molar-refractivity contribution in [1.29, 1.82) is 0 Å². The number of aromatic nitrogens is 4. The van der Waals surface area contributed by atoms with E-state index in [2.05, 4.69) is 17.1 Å². The van der Waals surface area contributed by atoms with Crippen molar-refractivity contribution in [2.24, 2.45) is 19.8 Å². The number of rotatable bonds is 4. The Morgan fingerprint density at radius 3 is 2.50 bits per heavy atom. The molecule has 1 unspecified atom stereocenters. The molecule has 0 saturated carbocycles. The summed E-state index contributed by atoms with van der Waals surface area (Å²) < 4.78 is 3.80. The van der Waals surface area contributed by atoms with Crippen LogP contribution in [0.2, 0.25) is 0 Å². The van der Waals surface area contributed by atoms with Gasteiger partial charge in [0.1, 0.15) is 0 Å². The topological polar surface area (TPSA) is 61.7 Å². The Hall–Kier alpha value is -1.62. The van der Waals surface area contributed by atoms with Crippen molar-refractivity contribution in [2.45, 2.75) is 32.7 Å². The molecule has 18 heavy (non-hydrogen) atoms. The maximum absolute atomic E-state index is 6.29. The molecule has 0 saturated heterocycles. The van der Waals surface area contributed by atoms with E-state index in [1.807, 2.05) is 42.6 Å². The number of nitrogens with zero attached hydrogens (tertiary/aromatic N) is 4. The van der Waals surface area contributed by atoms with Crippen LogP contribution in [-0.2, 0) is 20.5 Å². The summed E-state index contributed by atoms with van der Waals surface area (Å²) in [7, 11) is 3.92. The zero-order valence-corrected chi connectivity index (χ0v) is 11.5. The molecule has 0 radical (unpaired) electrons. The average Bonchev–Trinajstić information content (AvgIpc) is 2.81. The molecule has 0 aliphatic rings. The molecule has 0 bridgehead atoms. The summed E-state index contributed by atoms with van der Waals surface area (Å²) in [5, 5.41) is 8.58. The van der Waals surface area contributed by atoms with Crippen LogP contribution in [0.4, 0.5) is 0 Å². The van der Waals surface area contributed by atoms with Crippen LogP contribution in [0.25, 0.3) is 0 Å². The van der Waals surface area contributed by atoms with Crippen molar-refractivity contribution >= 4 is 0 Å². The minimum absolute atomic E-state index is 0.0357. The van der Waals surface area contributed by atoms with E-state index in [4.69, 9.17) is 5.73 Å². The lowest BCUT2D eigenvalue weighted by Crippen LogP contribution is -2.14. The van der Waals surface area contributed by atoms with Gasteiger partial charge in [-0.1, -0.05) is 0 Å². The highest BCUT2D eigenvalue weighted by Gasteiger charge is 2.16. The maximum atomic E-state index is 6.29. The molecular formula is C13H21N5. The second kappa shape index (κ2) is 4.94. The van der Waals surface area contributed by atoms with Crippen LogP contribution in [-0.4, -0.2) is 19.6 Å². The highest BCUT2D eigenvalue weighted by atomic mass is 15.3. The smallest absolute Gasteiger partial charge is 0.0644 e. The van der Waals surface area contributed by atoms with Gasteiger partial charge in [0.25, 0.3) is 0 Å². The van der Waals surface area contributed by atoms with Gasteiger partial charge in [-0.25, -0.2) is 0 Å². The van der Waals surface area contributed by atoms with E-state index >= 15 is 0 Å². The Morgan fingerprint density at radius 1 is 1.28 bits per heavy atom. The van der Waals surface area contributed by atoms with Crippen LogP contribution >= 0.6 is 0 Å². The summed E-state index contributed by atoms with van der Waals surface area (Å²) in [4.78, 5) is 0. The average molecular weight is 247 g/mol. The molecule has 98 valence electrons. The molecule has 0 fully saturated rings. The number of aryl methyl sites for hydroxylation is 4. The summed E-state index contributed by atoms with van der Waals surface area (Å²) in [5.41, 5.74) is 10.9. The Kier molecular flexibility index (Phi) is 3.52. The lowest BCUT2D eigenvalue weighted by atomic mass is 10.00. The van der Waals surface area contributed by atoms with Crippen LogP contribution in [0.15, 0.2) is 12.3 Å². The van der Waals surface area contributed by atoms with Crippen molar-refractivity contribution in [3.8, 4) is 0 Å². The Morgan fingerprint density at radius 2 is 2.00 bits per heavy atom. The zero-order valence-electron chi connectivity index (χ0n) is 11.5. The molecule has 2 aromatic heterocycles. The van der Waals surface area contributed by atoms with Gasteiger partial charge in [0.15, 0.2) is 0 Å². The predicted molar refractivity (Wildman–Crippen MR) is 71.1 cm³/mol. The van der Waals surface area contributed by atoms with Gasteiger partial charge < -0.3 is 5.73 Å². The lowest BCUT2D eigenvalue weighted by Gasteiger charge is -2.12. The zero-order chi connectivity index (χ0) is 13.3. The third-order valence-corrected chi connectivity index (χ3v) is 3.57. The second-order valence-corrected chi connectivity index (χ2v) is 4.80. The van der Waals surface area contributed by atoms with E-state index in [-0.39, 0.29) is 6.04 Å². The molecular weight excluding hydrogens is 226 g/mol. The van der Waals surface area contributed by atoms with E-state index in [1.165, 1.54) is 11.3 Å². The van der Waals surface area contributed by atoms with Crippen molar-refractivity contribution in [3.63, 3.8) is 0 Å². The van der Waals surface area contributed by atoms with Gasteiger partial charge in [0.2, 0.25) is 0 Å².